The summed E-state index contributed by atoms with van der Waals surface area (Å²) in [5.74, 6) is 0.229. The number of hydrogen-bond acceptors (Lipinski definition) is 4. The van der Waals surface area contributed by atoms with E-state index in [9.17, 15) is 8.42 Å². The van der Waals surface area contributed by atoms with Crippen LogP contribution in [0.15, 0.2) is 24.3 Å². The van der Waals surface area contributed by atoms with Gasteiger partial charge in [-0.3, -0.25) is 4.98 Å². The first-order valence-corrected chi connectivity index (χ1v) is 9.50. The third-order valence-corrected chi connectivity index (χ3v) is 6.70. The van der Waals surface area contributed by atoms with E-state index < -0.39 is 9.84 Å². The Hall–Kier alpha value is -1.62. The molecule has 2 heterocycles. The van der Waals surface area contributed by atoms with Crippen LogP contribution >= 0.6 is 0 Å². The molecule has 1 aliphatic rings. The standard InChI is InChI=1S/C17H22N2O2S/c1-4-14-13(3)18-16-8-6-5-7-15(16)17(14)19-9-10-22(20,21)12(2)11-19/h5-8,12H,4,9-11H2,1-3H3. The molecule has 4 nitrogen and oxygen atoms in total. The van der Waals surface area contributed by atoms with Gasteiger partial charge in [0.2, 0.25) is 0 Å². The van der Waals surface area contributed by atoms with Crippen molar-refractivity contribution in [1.82, 2.24) is 4.98 Å². The van der Waals surface area contributed by atoms with Crippen LogP contribution in [0.1, 0.15) is 25.1 Å². The molecule has 2 aromatic rings. The van der Waals surface area contributed by atoms with Crippen LogP contribution in [-0.4, -0.2) is 37.5 Å². The molecule has 0 aliphatic carbocycles. The van der Waals surface area contributed by atoms with Crippen molar-refractivity contribution >= 4 is 26.4 Å². The second-order valence-corrected chi connectivity index (χ2v) is 8.56. The number of aromatic nitrogens is 1. The monoisotopic (exact) mass is 318 g/mol. The first-order chi connectivity index (χ1) is 10.4. The van der Waals surface area contributed by atoms with E-state index in [-0.39, 0.29) is 11.0 Å². The minimum atomic E-state index is -2.94. The smallest absolute Gasteiger partial charge is 0.156 e. The third kappa shape index (κ3) is 2.47. The van der Waals surface area contributed by atoms with E-state index in [1.165, 1.54) is 11.3 Å². The maximum atomic E-state index is 12.0. The van der Waals surface area contributed by atoms with E-state index in [1.54, 1.807) is 0 Å². The lowest BCUT2D eigenvalue weighted by Gasteiger charge is -2.35. The number of benzene rings is 1. The molecular formula is C17H22N2O2S. The van der Waals surface area contributed by atoms with Crippen LogP contribution in [0.5, 0.6) is 0 Å². The topological polar surface area (TPSA) is 50.3 Å². The molecule has 22 heavy (non-hydrogen) atoms. The quantitative estimate of drug-likeness (QED) is 0.854. The average molecular weight is 318 g/mol. The Morgan fingerprint density at radius 2 is 2.05 bits per heavy atom. The molecule has 1 fully saturated rings. The van der Waals surface area contributed by atoms with E-state index in [1.807, 2.05) is 32.0 Å². The van der Waals surface area contributed by atoms with E-state index in [2.05, 4.69) is 17.9 Å². The molecule has 118 valence electrons. The summed E-state index contributed by atoms with van der Waals surface area (Å²) < 4.78 is 24.0. The Bertz CT molecular complexity index is 815. The highest BCUT2D eigenvalue weighted by Crippen LogP contribution is 2.33. The molecule has 0 radical (unpaired) electrons. The normalized spacial score (nSPS) is 21.2. The van der Waals surface area contributed by atoms with Gasteiger partial charge in [0.25, 0.3) is 0 Å². The number of rotatable bonds is 2. The van der Waals surface area contributed by atoms with Crippen molar-refractivity contribution < 1.29 is 8.42 Å². The van der Waals surface area contributed by atoms with Gasteiger partial charge < -0.3 is 4.90 Å². The molecule has 1 aromatic heterocycles. The van der Waals surface area contributed by atoms with Crippen molar-refractivity contribution in [2.45, 2.75) is 32.4 Å². The number of sulfone groups is 1. The van der Waals surface area contributed by atoms with E-state index in [4.69, 9.17) is 4.98 Å². The van der Waals surface area contributed by atoms with Gasteiger partial charge in [-0.2, -0.15) is 0 Å². The molecule has 0 bridgehead atoms. The second kappa shape index (κ2) is 5.54. The van der Waals surface area contributed by atoms with Crippen LogP contribution in [0.25, 0.3) is 10.9 Å². The Morgan fingerprint density at radius 1 is 1.32 bits per heavy atom. The summed E-state index contributed by atoms with van der Waals surface area (Å²) in [5.41, 5.74) is 4.42. The van der Waals surface area contributed by atoms with Gasteiger partial charge in [-0.25, -0.2) is 8.42 Å². The summed E-state index contributed by atoms with van der Waals surface area (Å²) in [4.78, 5) is 6.94. The van der Waals surface area contributed by atoms with Gasteiger partial charge in [0, 0.05) is 24.2 Å². The number of anilines is 1. The summed E-state index contributed by atoms with van der Waals surface area (Å²) in [7, 11) is -2.94. The number of hydrogen-bond donors (Lipinski definition) is 0. The van der Waals surface area contributed by atoms with E-state index in [0.717, 1.165) is 23.0 Å². The van der Waals surface area contributed by atoms with Crippen LogP contribution in [-0.2, 0) is 16.3 Å². The molecular weight excluding hydrogens is 296 g/mol. The van der Waals surface area contributed by atoms with Crippen LogP contribution in [0.4, 0.5) is 5.69 Å². The minimum absolute atomic E-state index is 0.229. The highest BCUT2D eigenvalue weighted by atomic mass is 32.2. The molecule has 3 rings (SSSR count). The van der Waals surface area contributed by atoms with Crippen molar-refractivity contribution in [1.29, 1.82) is 0 Å². The van der Waals surface area contributed by atoms with Crippen LogP contribution < -0.4 is 4.90 Å². The largest absolute Gasteiger partial charge is 0.368 e. The lowest BCUT2D eigenvalue weighted by Crippen LogP contribution is -2.46. The Morgan fingerprint density at radius 3 is 2.73 bits per heavy atom. The predicted molar refractivity (Wildman–Crippen MR) is 91.3 cm³/mol. The predicted octanol–water partition coefficient (Wildman–Crippen LogP) is 2.73. The highest BCUT2D eigenvalue weighted by Gasteiger charge is 2.31. The van der Waals surface area contributed by atoms with E-state index >= 15 is 0 Å². The second-order valence-electron chi connectivity index (χ2n) is 6.02. The summed E-state index contributed by atoms with van der Waals surface area (Å²) >= 11 is 0. The van der Waals surface area contributed by atoms with Gasteiger partial charge in [0.05, 0.1) is 22.2 Å². The number of pyridine rings is 1. The number of aryl methyl sites for hydroxylation is 1. The molecule has 0 N–H and O–H groups in total. The first-order valence-electron chi connectivity index (χ1n) is 7.78. The highest BCUT2D eigenvalue weighted by molar-refractivity contribution is 7.92. The van der Waals surface area contributed by atoms with E-state index in [0.29, 0.717) is 13.1 Å². The van der Waals surface area contributed by atoms with Crippen molar-refractivity contribution in [2.24, 2.45) is 0 Å². The number of fused-ring (bicyclic) bond motifs is 1. The molecule has 5 heteroatoms. The Kier molecular flexibility index (Phi) is 3.85. The maximum Gasteiger partial charge on any atom is 0.156 e. The van der Waals surface area contributed by atoms with Gasteiger partial charge in [-0.15, -0.1) is 0 Å². The van der Waals surface area contributed by atoms with Gasteiger partial charge in [-0.1, -0.05) is 25.1 Å². The summed E-state index contributed by atoms with van der Waals surface area (Å²) in [6.45, 7) is 7.10. The fraction of sp³-hybridized carbons (Fsp3) is 0.471. The van der Waals surface area contributed by atoms with Gasteiger partial charge in [0.15, 0.2) is 9.84 Å². The van der Waals surface area contributed by atoms with Gasteiger partial charge >= 0.3 is 0 Å². The van der Waals surface area contributed by atoms with Crippen molar-refractivity contribution in [3.8, 4) is 0 Å². The molecule has 1 atom stereocenters. The lowest BCUT2D eigenvalue weighted by atomic mass is 10.0. The van der Waals surface area contributed by atoms with Crippen molar-refractivity contribution in [3.05, 3.63) is 35.5 Å². The van der Waals surface area contributed by atoms with Gasteiger partial charge in [0.1, 0.15) is 0 Å². The zero-order chi connectivity index (χ0) is 15.9. The molecule has 0 saturated carbocycles. The molecule has 1 saturated heterocycles. The zero-order valence-electron chi connectivity index (χ0n) is 13.3. The van der Waals surface area contributed by atoms with Gasteiger partial charge in [-0.05, 0) is 31.9 Å². The number of para-hydroxylation sites is 1. The molecule has 0 amide bonds. The third-order valence-electron chi connectivity index (χ3n) is 4.58. The first kappa shape index (κ1) is 15.3. The lowest BCUT2D eigenvalue weighted by molar-refractivity contribution is 0.569. The molecule has 0 spiro atoms. The zero-order valence-corrected chi connectivity index (χ0v) is 14.2. The summed E-state index contributed by atoms with van der Waals surface area (Å²) in [5, 5.41) is 0.801. The minimum Gasteiger partial charge on any atom is -0.368 e. The summed E-state index contributed by atoms with van der Waals surface area (Å²) in [6, 6.07) is 8.12. The Balaban J connectivity index is 2.17. The molecule has 1 aromatic carbocycles. The summed E-state index contributed by atoms with van der Waals surface area (Å²) in [6.07, 6.45) is 0.899. The molecule has 1 unspecified atom stereocenters. The SMILES string of the molecule is CCc1c(C)nc2ccccc2c1N1CCS(=O)(=O)C(C)C1. The van der Waals surface area contributed by atoms with Crippen molar-refractivity contribution in [2.75, 3.05) is 23.7 Å². The number of nitrogens with zero attached hydrogens (tertiary/aromatic N) is 2. The average Bonchev–Trinajstić information content (AvgIpc) is 2.49. The molecule has 1 aliphatic heterocycles. The fourth-order valence-electron chi connectivity index (χ4n) is 3.29. The Labute approximate surface area is 132 Å². The maximum absolute atomic E-state index is 12.0. The van der Waals surface area contributed by atoms with Crippen LogP contribution in [0.3, 0.4) is 0 Å². The van der Waals surface area contributed by atoms with Crippen LogP contribution in [0.2, 0.25) is 0 Å². The fourth-order valence-corrected chi connectivity index (χ4v) is 4.58. The van der Waals surface area contributed by atoms with Crippen molar-refractivity contribution in [3.63, 3.8) is 0 Å². The van der Waals surface area contributed by atoms with Crippen LogP contribution in [0, 0.1) is 6.92 Å².